The Bertz CT molecular complexity index is 524. The largest absolute Gasteiger partial charge is 0.497 e. The summed E-state index contributed by atoms with van der Waals surface area (Å²) in [4.78, 5) is 4.73. The first kappa shape index (κ1) is 12.6. The molecule has 0 aliphatic heterocycles. The Morgan fingerprint density at radius 2 is 1.61 bits per heavy atom. The maximum Gasteiger partial charge on any atom is 0.118 e. The van der Waals surface area contributed by atoms with Gasteiger partial charge in [0.1, 0.15) is 5.75 Å². The molecule has 2 nitrogen and oxygen atoms in total. The molecule has 0 spiro atoms. The fourth-order valence-corrected chi connectivity index (χ4v) is 1.77. The van der Waals surface area contributed by atoms with E-state index in [-0.39, 0.29) is 5.41 Å². The van der Waals surface area contributed by atoms with Crippen LogP contribution in [0.4, 0.5) is 0 Å². The maximum absolute atomic E-state index is 5.16. The molecule has 1 aromatic carbocycles. The Kier molecular flexibility index (Phi) is 3.37. The van der Waals surface area contributed by atoms with E-state index in [1.807, 2.05) is 30.3 Å². The molecule has 94 valence electrons. The van der Waals surface area contributed by atoms with Gasteiger partial charge in [-0.1, -0.05) is 26.8 Å². The summed E-state index contributed by atoms with van der Waals surface area (Å²) in [5, 5.41) is 0. The second-order valence-corrected chi connectivity index (χ2v) is 5.39. The zero-order chi connectivity index (χ0) is 13.2. The van der Waals surface area contributed by atoms with E-state index in [9.17, 15) is 0 Å². The van der Waals surface area contributed by atoms with Crippen molar-refractivity contribution >= 4 is 0 Å². The Hall–Kier alpha value is -1.83. The van der Waals surface area contributed by atoms with Crippen molar-refractivity contribution in [1.82, 2.24) is 4.98 Å². The summed E-state index contributed by atoms with van der Waals surface area (Å²) in [6.07, 6.45) is 0. The average Bonchev–Trinajstić information content (AvgIpc) is 2.38. The Morgan fingerprint density at radius 3 is 2.17 bits per heavy atom. The topological polar surface area (TPSA) is 22.1 Å². The molecule has 2 heteroatoms. The number of pyridine rings is 1. The summed E-state index contributed by atoms with van der Waals surface area (Å²) in [6.45, 7) is 6.52. The zero-order valence-corrected chi connectivity index (χ0v) is 11.4. The molecular formula is C16H19NO. The minimum Gasteiger partial charge on any atom is -0.497 e. The highest BCUT2D eigenvalue weighted by atomic mass is 16.5. The Morgan fingerprint density at radius 1 is 0.944 bits per heavy atom. The van der Waals surface area contributed by atoms with Gasteiger partial charge in [-0.15, -0.1) is 0 Å². The summed E-state index contributed by atoms with van der Waals surface area (Å²) >= 11 is 0. The smallest absolute Gasteiger partial charge is 0.118 e. The van der Waals surface area contributed by atoms with Gasteiger partial charge in [-0.3, -0.25) is 4.98 Å². The van der Waals surface area contributed by atoms with Crippen LogP contribution >= 0.6 is 0 Å². The number of nitrogens with zero attached hydrogens (tertiary/aromatic N) is 1. The van der Waals surface area contributed by atoms with Gasteiger partial charge in [0.2, 0.25) is 0 Å². The first-order valence-electron chi connectivity index (χ1n) is 6.12. The van der Waals surface area contributed by atoms with Gasteiger partial charge in [0.15, 0.2) is 0 Å². The van der Waals surface area contributed by atoms with Gasteiger partial charge in [-0.25, -0.2) is 0 Å². The third-order valence-corrected chi connectivity index (χ3v) is 2.90. The number of ether oxygens (including phenoxy) is 1. The molecule has 0 aliphatic carbocycles. The quantitative estimate of drug-likeness (QED) is 0.791. The van der Waals surface area contributed by atoms with Crippen LogP contribution in [0.5, 0.6) is 5.75 Å². The van der Waals surface area contributed by atoms with Crippen molar-refractivity contribution in [2.24, 2.45) is 0 Å². The molecule has 0 fully saturated rings. The number of aromatic nitrogens is 1. The van der Waals surface area contributed by atoms with Crippen LogP contribution in [-0.4, -0.2) is 12.1 Å². The lowest BCUT2D eigenvalue weighted by Crippen LogP contribution is -2.13. The van der Waals surface area contributed by atoms with Crippen molar-refractivity contribution in [3.63, 3.8) is 0 Å². The van der Waals surface area contributed by atoms with Crippen molar-refractivity contribution in [1.29, 1.82) is 0 Å². The summed E-state index contributed by atoms with van der Waals surface area (Å²) in [6, 6.07) is 14.2. The first-order chi connectivity index (χ1) is 8.50. The van der Waals surface area contributed by atoms with Crippen LogP contribution in [-0.2, 0) is 5.41 Å². The van der Waals surface area contributed by atoms with E-state index in [2.05, 4.69) is 32.9 Å². The molecule has 0 amide bonds. The fraction of sp³-hybridized carbons (Fsp3) is 0.312. The number of methoxy groups -OCH3 is 1. The van der Waals surface area contributed by atoms with E-state index < -0.39 is 0 Å². The summed E-state index contributed by atoms with van der Waals surface area (Å²) in [5.74, 6) is 0.866. The highest BCUT2D eigenvalue weighted by Gasteiger charge is 2.15. The molecule has 1 heterocycles. The molecule has 0 saturated carbocycles. The highest BCUT2D eigenvalue weighted by Crippen LogP contribution is 2.25. The zero-order valence-electron chi connectivity index (χ0n) is 11.4. The number of benzene rings is 1. The van der Waals surface area contributed by atoms with Crippen molar-refractivity contribution in [3.8, 4) is 17.0 Å². The predicted molar refractivity (Wildman–Crippen MR) is 74.9 cm³/mol. The average molecular weight is 241 g/mol. The van der Waals surface area contributed by atoms with E-state index in [0.717, 1.165) is 22.7 Å². The van der Waals surface area contributed by atoms with E-state index in [1.54, 1.807) is 7.11 Å². The van der Waals surface area contributed by atoms with Crippen LogP contribution in [0.15, 0.2) is 42.5 Å². The molecule has 0 aliphatic rings. The second-order valence-electron chi connectivity index (χ2n) is 5.39. The van der Waals surface area contributed by atoms with Crippen molar-refractivity contribution < 1.29 is 4.74 Å². The van der Waals surface area contributed by atoms with E-state index in [1.165, 1.54) is 0 Å². The second kappa shape index (κ2) is 4.81. The molecule has 0 saturated heterocycles. The van der Waals surface area contributed by atoms with E-state index in [4.69, 9.17) is 9.72 Å². The lowest BCUT2D eigenvalue weighted by atomic mass is 9.91. The molecule has 2 rings (SSSR count). The van der Waals surface area contributed by atoms with Crippen LogP contribution in [0.2, 0.25) is 0 Å². The molecule has 18 heavy (non-hydrogen) atoms. The van der Waals surface area contributed by atoms with Gasteiger partial charge < -0.3 is 4.74 Å². The molecule has 0 bridgehead atoms. The lowest BCUT2D eigenvalue weighted by Gasteiger charge is -2.18. The van der Waals surface area contributed by atoms with Crippen molar-refractivity contribution in [3.05, 3.63) is 48.2 Å². The van der Waals surface area contributed by atoms with Crippen molar-refractivity contribution in [2.45, 2.75) is 26.2 Å². The molecule has 0 N–H and O–H groups in total. The van der Waals surface area contributed by atoms with Crippen LogP contribution in [0.25, 0.3) is 11.3 Å². The van der Waals surface area contributed by atoms with E-state index >= 15 is 0 Å². The van der Waals surface area contributed by atoms with Gasteiger partial charge in [0.05, 0.1) is 12.8 Å². The molecular weight excluding hydrogens is 222 g/mol. The molecule has 0 unspecified atom stereocenters. The van der Waals surface area contributed by atoms with Gasteiger partial charge in [-0.2, -0.15) is 0 Å². The minimum atomic E-state index is 0.0719. The SMILES string of the molecule is COc1ccc(-c2cccc(C(C)(C)C)n2)cc1. The van der Waals surface area contributed by atoms with Gasteiger partial charge >= 0.3 is 0 Å². The van der Waals surface area contributed by atoms with Crippen LogP contribution in [0.1, 0.15) is 26.5 Å². The third-order valence-electron chi connectivity index (χ3n) is 2.90. The Labute approximate surface area is 109 Å². The number of hydrogen-bond acceptors (Lipinski definition) is 2. The predicted octanol–water partition coefficient (Wildman–Crippen LogP) is 4.05. The number of rotatable bonds is 2. The van der Waals surface area contributed by atoms with Crippen LogP contribution in [0, 0.1) is 0 Å². The molecule has 0 atom stereocenters. The number of hydrogen-bond donors (Lipinski definition) is 0. The first-order valence-corrected chi connectivity index (χ1v) is 6.12. The standard InChI is InChI=1S/C16H19NO/c1-16(2,3)15-7-5-6-14(17-15)12-8-10-13(18-4)11-9-12/h5-11H,1-4H3. The summed E-state index contributed by atoms with van der Waals surface area (Å²) < 4.78 is 5.16. The van der Waals surface area contributed by atoms with Gasteiger partial charge in [-0.05, 0) is 36.4 Å². The van der Waals surface area contributed by atoms with Crippen molar-refractivity contribution in [2.75, 3.05) is 7.11 Å². The monoisotopic (exact) mass is 241 g/mol. The van der Waals surface area contributed by atoms with Crippen LogP contribution in [0.3, 0.4) is 0 Å². The maximum atomic E-state index is 5.16. The molecule has 1 aromatic heterocycles. The minimum absolute atomic E-state index is 0.0719. The fourth-order valence-electron chi connectivity index (χ4n) is 1.77. The molecule has 2 aromatic rings. The lowest BCUT2D eigenvalue weighted by molar-refractivity contribution is 0.415. The summed E-state index contributed by atoms with van der Waals surface area (Å²) in [5.41, 5.74) is 3.30. The summed E-state index contributed by atoms with van der Waals surface area (Å²) in [7, 11) is 1.67. The third kappa shape index (κ3) is 2.70. The van der Waals surface area contributed by atoms with Crippen LogP contribution < -0.4 is 4.74 Å². The van der Waals surface area contributed by atoms with E-state index in [0.29, 0.717) is 0 Å². The highest BCUT2D eigenvalue weighted by molar-refractivity contribution is 5.60. The molecule has 0 radical (unpaired) electrons. The van der Waals surface area contributed by atoms with Gasteiger partial charge in [0, 0.05) is 16.7 Å². The normalized spacial score (nSPS) is 11.3. The van der Waals surface area contributed by atoms with Gasteiger partial charge in [0.25, 0.3) is 0 Å². The Balaban J connectivity index is 2.38.